The van der Waals surface area contributed by atoms with E-state index in [1.54, 1.807) is 0 Å². The molecule has 0 saturated carbocycles. The Morgan fingerprint density at radius 2 is 2.10 bits per heavy atom. The number of halogens is 1. The summed E-state index contributed by atoms with van der Waals surface area (Å²) < 4.78 is 0. The van der Waals surface area contributed by atoms with E-state index in [4.69, 9.17) is 23.8 Å². The standard InChI is InChI=1S/C15H22ClN3S/c1-10(2)8-9-11(3)18-19-15(20)17-14-7-5-6-13(16)12(14)4/h5-7,10H,8-9H2,1-4H3,(H2,17,19,20)/b18-11-. The van der Waals surface area contributed by atoms with Gasteiger partial charge < -0.3 is 5.32 Å². The first-order valence-electron chi connectivity index (χ1n) is 6.75. The maximum atomic E-state index is 6.06. The molecule has 1 aromatic carbocycles. The number of benzene rings is 1. The lowest BCUT2D eigenvalue weighted by Crippen LogP contribution is -2.25. The molecule has 2 N–H and O–H groups in total. The van der Waals surface area contributed by atoms with Crippen molar-refractivity contribution in [2.75, 3.05) is 5.32 Å². The third-order valence-electron chi connectivity index (χ3n) is 2.95. The minimum absolute atomic E-state index is 0.472. The predicted molar refractivity (Wildman–Crippen MR) is 92.7 cm³/mol. The zero-order valence-electron chi connectivity index (χ0n) is 12.5. The Morgan fingerprint density at radius 3 is 2.75 bits per heavy atom. The van der Waals surface area contributed by atoms with Gasteiger partial charge in [-0.15, -0.1) is 0 Å². The van der Waals surface area contributed by atoms with Crippen LogP contribution in [-0.2, 0) is 0 Å². The molecule has 0 spiro atoms. The number of nitrogens with zero attached hydrogens (tertiary/aromatic N) is 1. The third-order valence-corrected chi connectivity index (χ3v) is 3.55. The van der Waals surface area contributed by atoms with Crippen LogP contribution in [0.3, 0.4) is 0 Å². The number of hydrogen-bond acceptors (Lipinski definition) is 2. The van der Waals surface area contributed by atoms with Crippen LogP contribution in [0, 0.1) is 12.8 Å². The number of rotatable bonds is 5. The molecule has 0 saturated heterocycles. The Morgan fingerprint density at radius 1 is 1.40 bits per heavy atom. The molecule has 0 radical (unpaired) electrons. The van der Waals surface area contributed by atoms with Gasteiger partial charge >= 0.3 is 0 Å². The molecule has 110 valence electrons. The summed E-state index contributed by atoms with van der Waals surface area (Å²) >= 11 is 11.3. The molecule has 1 aromatic rings. The third kappa shape index (κ3) is 5.88. The van der Waals surface area contributed by atoms with Crippen LogP contribution in [0.2, 0.25) is 5.02 Å². The molecule has 0 aliphatic carbocycles. The lowest BCUT2D eigenvalue weighted by molar-refractivity contribution is 0.602. The van der Waals surface area contributed by atoms with Crippen LogP contribution in [0.4, 0.5) is 5.69 Å². The quantitative estimate of drug-likeness (QED) is 0.468. The van der Waals surface area contributed by atoms with Crippen molar-refractivity contribution in [1.82, 2.24) is 5.43 Å². The van der Waals surface area contributed by atoms with Crippen molar-refractivity contribution >= 4 is 40.3 Å². The molecule has 0 fully saturated rings. The van der Waals surface area contributed by atoms with Crippen LogP contribution in [0.15, 0.2) is 23.3 Å². The minimum Gasteiger partial charge on any atom is -0.331 e. The second-order valence-electron chi connectivity index (χ2n) is 5.26. The van der Waals surface area contributed by atoms with Gasteiger partial charge in [-0.05, 0) is 62.5 Å². The van der Waals surface area contributed by atoms with Crippen LogP contribution in [0.5, 0.6) is 0 Å². The maximum absolute atomic E-state index is 6.06. The fourth-order valence-electron chi connectivity index (χ4n) is 1.59. The summed E-state index contributed by atoms with van der Waals surface area (Å²) in [6.45, 7) is 8.36. The van der Waals surface area contributed by atoms with Gasteiger partial charge in [0, 0.05) is 16.4 Å². The van der Waals surface area contributed by atoms with Gasteiger partial charge in [-0.3, -0.25) is 5.43 Å². The van der Waals surface area contributed by atoms with Crippen molar-refractivity contribution in [3.05, 3.63) is 28.8 Å². The highest BCUT2D eigenvalue weighted by atomic mass is 35.5. The summed E-state index contributed by atoms with van der Waals surface area (Å²) in [5.74, 6) is 0.680. The molecule has 1 rings (SSSR count). The molecular weight excluding hydrogens is 290 g/mol. The molecule has 0 aliphatic heterocycles. The number of anilines is 1. The number of thiocarbonyl (C=S) groups is 1. The van der Waals surface area contributed by atoms with E-state index in [0.717, 1.165) is 34.8 Å². The van der Waals surface area contributed by atoms with Crippen LogP contribution in [-0.4, -0.2) is 10.8 Å². The number of hydrazone groups is 1. The molecule has 0 aliphatic rings. The van der Waals surface area contributed by atoms with Gasteiger partial charge in [-0.2, -0.15) is 5.10 Å². The first kappa shape index (κ1) is 16.9. The zero-order valence-corrected chi connectivity index (χ0v) is 14.0. The molecule has 0 atom stereocenters. The van der Waals surface area contributed by atoms with E-state index in [2.05, 4.69) is 29.7 Å². The number of nitrogens with one attached hydrogen (secondary N) is 2. The smallest absolute Gasteiger partial charge is 0.191 e. The molecule has 0 unspecified atom stereocenters. The molecule has 3 nitrogen and oxygen atoms in total. The molecule has 0 heterocycles. The van der Waals surface area contributed by atoms with Crippen molar-refractivity contribution < 1.29 is 0 Å². The highest BCUT2D eigenvalue weighted by molar-refractivity contribution is 7.80. The van der Waals surface area contributed by atoms with Gasteiger partial charge in [-0.25, -0.2) is 0 Å². The normalized spacial score (nSPS) is 11.6. The van der Waals surface area contributed by atoms with Gasteiger partial charge in [0.2, 0.25) is 0 Å². The maximum Gasteiger partial charge on any atom is 0.191 e. The Kier molecular flexibility index (Phi) is 6.96. The Labute approximate surface area is 131 Å². The second-order valence-corrected chi connectivity index (χ2v) is 6.07. The van der Waals surface area contributed by atoms with E-state index < -0.39 is 0 Å². The van der Waals surface area contributed by atoms with Crippen molar-refractivity contribution in [3.63, 3.8) is 0 Å². The Balaban J connectivity index is 2.51. The monoisotopic (exact) mass is 311 g/mol. The molecule has 5 heteroatoms. The van der Waals surface area contributed by atoms with Gasteiger partial charge in [0.05, 0.1) is 0 Å². The fourth-order valence-corrected chi connectivity index (χ4v) is 1.92. The topological polar surface area (TPSA) is 36.4 Å². The van der Waals surface area contributed by atoms with Gasteiger partial charge in [0.15, 0.2) is 5.11 Å². The van der Waals surface area contributed by atoms with Crippen LogP contribution >= 0.6 is 23.8 Å². The summed E-state index contributed by atoms with van der Waals surface area (Å²) in [5.41, 5.74) is 5.78. The van der Waals surface area contributed by atoms with E-state index in [0.29, 0.717) is 11.0 Å². The largest absolute Gasteiger partial charge is 0.331 e. The van der Waals surface area contributed by atoms with Crippen LogP contribution < -0.4 is 10.7 Å². The summed E-state index contributed by atoms with van der Waals surface area (Å²) in [7, 11) is 0. The van der Waals surface area contributed by atoms with Crippen molar-refractivity contribution in [3.8, 4) is 0 Å². The zero-order chi connectivity index (χ0) is 15.1. The Bertz CT molecular complexity index is 498. The number of hydrogen-bond donors (Lipinski definition) is 2. The van der Waals surface area contributed by atoms with Crippen molar-refractivity contribution in [1.29, 1.82) is 0 Å². The molecule has 20 heavy (non-hydrogen) atoms. The summed E-state index contributed by atoms with van der Waals surface area (Å²) in [6, 6.07) is 5.68. The minimum atomic E-state index is 0.472. The van der Waals surface area contributed by atoms with Crippen molar-refractivity contribution in [2.45, 2.75) is 40.5 Å². The van der Waals surface area contributed by atoms with E-state index in [9.17, 15) is 0 Å². The average molecular weight is 312 g/mol. The van der Waals surface area contributed by atoms with E-state index in [1.807, 2.05) is 32.0 Å². The van der Waals surface area contributed by atoms with E-state index in [1.165, 1.54) is 0 Å². The average Bonchev–Trinajstić information content (AvgIpc) is 2.39. The van der Waals surface area contributed by atoms with Crippen molar-refractivity contribution in [2.24, 2.45) is 11.0 Å². The summed E-state index contributed by atoms with van der Waals surface area (Å²) in [6.07, 6.45) is 2.11. The van der Waals surface area contributed by atoms with E-state index >= 15 is 0 Å². The van der Waals surface area contributed by atoms with Crippen LogP contribution in [0.25, 0.3) is 0 Å². The van der Waals surface area contributed by atoms with E-state index in [-0.39, 0.29) is 0 Å². The molecular formula is C15H22ClN3S. The first-order valence-corrected chi connectivity index (χ1v) is 7.54. The SMILES string of the molecule is C/C(CCC(C)C)=N/NC(=S)Nc1cccc(Cl)c1C. The fraction of sp³-hybridized carbons (Fsp3) is 0.467. The second kappa shape index (κ2) is 8.22. The lowest BCUT2D eigenvalue weighted by atomic mass is 10.1. The Hall–Kier alpha value is -1.13. The van der Waals surface area contributed by atoms with Gasteiger partial charge in [0.25, 0.3) is 0 Å². The summed E-state index contributed by atoms with van der Waals surface area (Å²) in [4.78, 5) is 0. The highest BCUT2D eigenvalue weighted by Gasteiger charge is 2.03. The molecule has 0 aromatic heterocycles. The molecule has 0 amide bonds. The summed E-state index contributed by atoms with van der Waals surface area (Å²) in [5, 5.41) is 8.56. The van der Waals surface area contributed by atoms with Gasteiger partial charge in [-0.1, -0.05) is 31.5 Å². The van der Waals surface area contributed by atoms with Crippen LogP contribution in [0.1, 0.15) is 39.2 Å². The first-order chi connectivity index (χ1) is 9.40. The highest BCUT2D eigenvalue weighted by Crippen LogP contribution is 2.22. The van der Waals surface area contributed by atoms with Gasteiger partial charge in [0.1, 0.15) is 0 Å². The predicted octanol–water partition coefficient (Wildman–Crippen LogP) is 4.75. The lowest BCUT2D eigenvalue weighted by Gasteiger charge is -2.11. The molecule has 0 bridgehead atoms.